The lowest BCUT2D eigenvalue weighted by molar-refractivity contribution is -0.142. The van der Waals surface area contributed by atoms with E-state index >= 15 is 0 Å². The first-order valence-electron chi connectivity index (χ1n) is 9.15. The van der Waals surface area contributed by atoms with Gasteiger partial charge in [-0.2, -0.15) is 0 Å². The van der Waals surface area contributed by atoms with Crippen LogP contribution in [0.15, 0.2) is 11.9 Å². The van der Waals surface area contributed by atoms with Gasteiger partial charge < -0.3 is 14.9 Å². The molecular formula is C18H26N2O3. The number of fused-ring (bicyclic) bond motifs is 3. The van der Waals surface area contributed by atoms with Gasteiger partial charge in [0.1, 0.15) is 11.7 Å². The molecule has 2 aliphatic carbocycles. The number of carboxylic acid groups (broad SMARTS) is 1. The van der Waals surface area contributed by atoms with Gasteiger partial charge in [0.25, 0.3) is 0 Å². The van der Waals surface area contributed by atoms with Crippen molar-refractivity contribution in [3.8, 4) is 0 Å². The van der Waals surface area contributed by atoms with Gasteiger partial charge in [-0.25, -0.2) is 4.79 Å². The quantitative estimate of drug-likeness (QED) is 0.850. The number of carboxylic acids is 1. The van der Waals surface area contributed by atoms with E-state index in [0.717, 1.165) is 44.9 Å². The molecule has 0 aromatic carbocycles. The maximum absolute atomic E-state index is 13.2. The summed E-state index contributed by atoms with van der Waals surface area (Å²) < 4.78 is 0. The zero-order valence-corrected chi connectivity index (χ0v) is 13.8. The highest BCUT2D eigenvalue weighted by Crippen LogP contribution is 2.47. The first-order chi connectivity index (χ1) is 11.1. The monoisotopic (exact) mass is 318 g/mol. The molecule has 1 N–H and O–H groups in total. The average Bonchev–Trinajstić information content (AvgIpc) is 3.16. The van der Waals surface area contributed by atoms with Crippen LogP contribution in [-0.4, -0.2) is 44.9 Å². The molecule has 0 aromatic rings. The van der Waals surface area contributed by atoms with E-state index < -0.39 is 5.97 Å². The molecular weight excluding hydrogens is 292 g/mol. The minimum absolute atomic E-state index is 0.142. The summed E-state index contributed by atoms with van der Waals surface area (Å²) in [6.45, 7) is 2.16. The zero-order chi connectivity index (χ0) is 16.1. The van der Waals surface area contributed by atoms with Crippen molar-refractivity contribution in [2.75, 3.05) is 0 Å². The first kappa shape index (κ1) is 15.0. The Morgan fingerprint density at radius 1 is 1.13 bits per heavy atom. The molecule has 23 heavy (non-hydrogen) atoms. The van der Waals surface area contributed by atoms with Crippen molar-refractivity contribution in [1.82, 2.24) is 9.80 Å². The smallest absolute Gasteiger partial charge is 0.353 e. The lowest BCUT2D eigenvalue weighted by Crippen LogP contribution is -2.55. The standard InChI is InChI=1S/C18H26N2O3/c1-11-13-8-4-5-9-14(13)20-15(18(22)23)10-19(17(21)16(11)20)12-6-2-3-7-12/h10-14,16H,2-9H2,1H3,(H,22,23). The Balaban J connectivity index is 1.74. The van der Waals surface area contributed by atoms with Crippen molar-refractivity contribution in [2.24, 2.45) is 11.8 Å². The van der Waals surface area contributed by atoms with Gasteiger partial charge in [0.2, 0.25) is 5.91 Å². The number of rotatable bonds is 2. The number of aliphatic carboxylic acids is 1. The van der Waals surface area contributed by atoms with Crippen LogP contribution in [-0.2, 0) is 9.59 Å². The predicted octanol–water partition coefficient (Wildman–Crippen LogP) is 2.58. The normalized spacial score (nSPS) is 37.6. The van der Waals surface area contributed by atoms with E-state index in [0.29, 0.717) is 11.6 Å². The predicted molar refractivity (Wildman–Crippen MR) is 85.4 cm³/mol. The summed E-state index contributed by atoms with van der Waals surface area (Å²) in [6.07, 6.45) is 10.4. The Kier molecular flexibility index (Phi) is 3.62. The van der Waals surface area contributed by atoms with Crippen LogP contribution >= 0.6 is 0 Å². The third kappa shape index (κ3) is 2.19. The van der Waals surface area contributed by atoms with Gasteiger partial charge >= 0.3 is 5.97 Å². The van der Waals surface area contributed by atoms with E-state index in [9.17, 15) is 14.7 Å². The van der Waals surface area contributed by atoms with Crippen molar-refractivity contribution in [1.29, 1.82) is 0 Å². The van der Waals surface area contributed by atoms with Crippen LogP contribution in [0.4, 0.5) is 0 Å². The molecule has 4 atom stereocenters. The Labute approximate surface area is 137 Å². The second kappa shape index (κ2) is 5.53. The van der Waals surface area contributed by atoms with Gasteiger partial charge in [-0.15, -0.1) is 0 Å². The number of carbonyl (C=O) groups excluding carboxylic acids is 1. The van der Waals surface area contributed by atoms with Crippen molar-refractivity contribution in [3.63, 3.8) is 0 Å². The van der Waals surface area contributed by atoms with E-state index in [1.54, 1.807) is 11.1 Å². The molecule has 0 spiro atoms. The van der Waals surface area contributed by atoms with Gasteiger partial charge in [-0.05, 0) is 37.5 Å². The maximum atomic E-state index is 13.2. The molecule has 2 heterocycles. The molecule has 2 saturated carbocycles. The molecule has 0 bridgehead atoms. The van der Waals surface area contributed by atoms with E-state index in [1.165, 1.54) is 6.42 Å². The maximum Gasteiger partial charge on any atom is 0.353 e. The van der Waals surface area contributed by atoms with E-state index in [2.05, 4.69) is 6.92 Å². The molecule has 3 fully saturated rings. The van der Waals surface area contributed by atoms with Crippen LogP contribution in [0, 0.1) is 11.8 Å². The summed E-state index contributed by atoms with van der Waals surface area (Å²) in [7, 11) is 0. The topological polar surface area (TPSA) is 60.9 Å². The highest BCUT2D eigenvalue weighted by atomic mass is 16.4. The number of hydrogen-bond acceptors (Lipinski definition) is 3. The summed E-state index contributed by atoms with van der Waals surface area (Å²) in [5, 5.41) is 9.76. The summed E-state index contributed by atoms with van der Waals surface area (Å²) in [4.78, 5) is 28.8. The highest BCUT2D eigenvalue weighted by Gasteiger charge is 2.55. The highest BCUT2D eigenvalue weighted by molar-refractivity contribution is 5.93. The van der Waals surface area contributed by atoms with Crippen molar-refractivity contribution >= 4 is 11.9 Å². The van der Waals surface area contributed by atoms with E-state index in [1.807, 2.05) is 4.90 Å². The molecule has 1 saturated heterocycles. The van der Waals surface area contributed by atoms with Crippen LogP contribution in [0.2, 0.25) is 0 Å². The lowest BCUT2D eigenvalue weighted by Gasteiger charge is -2.42. The number of amides is 1. The Hall–Kier alpha value is -1.52. The summed E-state index contributed by atoms with van der Waals surface area (Å²) in [5.41, 5.74) is 0.350. The summed E-state index contributed by atoms with van der Waals surface area (Å²) in [6, 6.07) is 0.175. The van der Waals surface area contributed by atoms with E-state index in [4.69, 9.17) is 0 Å². The fourth-order valence-corrected chi connectivity index (χ4v) is 5.51. The lowest BCUT2D eigenvalue weighted by atomic mass is 9.79. The fraction of sp³-hybridized carbons (Fsp3) is 0.778. The summed E-state index contributed by atoms with van der Waals surface area (Å²) in [5.74, 6) is -0.0311. The Morgan fingerprint density at radius 3 is 2.48 bits per heavy atom. The largest absolute Gasteiger partial charge is 0.477 e. The molecule has 1 amide bonds. The SMILES string of the molecule is CC1C2CCCCC2N2C(C(=O)O)=CN(C3CCCC3)C(=O)C12. The molecule has 0 aromatic heterocycles. The van der Waals surface area contributed by atoms with Crippen molar-refractivity contribution in [3.05, 3.63) is 11.9 Å². The minimum Gasteiger partial charge on any atom is -0.477 e. The van der Waals surface area contributed by atoms with Crippen molar-refractivity contribution in [2.45, 2.75) is 76.4 Å². The zero-order valence-electron chi connectivity index (χ0n) is 13.8. The Bertz CT molecular complexity index is 552. The van der Waals surface area contributed by atoms with Gasteiger partial charge in [-0.1, -0.05) is 32.6 Å². The second-order valence-electron chi connectivity index (χ2n) is 7.73. The van der Waals surface area contributed by atoms with Crippen LogP contribution in [0.1, 0.15) is 58.3 Å². The van der Waals surface area contributed by atoms with Gasteiger partial charge in [-0.3, -0.25) is 4.79 Å². The Morgan fingerprint density at radius 2 is 1.78 bits per heavy atom. The molecule has 4 unspecified atom stereocenters. The third-order valence-corrected chi connectivity index (χ3v) is 6.60. The number of nitrogens with zero attached hydrogens (tertiary/aromatic N) is 2. The van der Waals surface area contributed by atoms with Crippen LogP contribution in [0.25, 0.3) is 0 Å². The minimum atomic E-state index is -0.885. The molecule has 4 aliphatic rings. The van der Waals surface area contributed by atoms with Crippen LogP contribution in [0.5, 0.6) is 0 Å². The van der Waals surface area contributed by atoms with Crippen LogP contribution in [0.3, 0.4) is 0 Å². The first-order valence-corrected chi connectivity index (χ1v) is 9.15. The van der Waals surface area contributed by atoms with Crippen molar-refractivity contribution < 1.29 is 14.7 Å². The van der Waals surface area contributed by atoms with Gasteiger partial charge in [0.05, 0.1) is 0 Å². The number of carbonyl (C=O) groups is 2. The average molecular weight is 318 g/mol. The molecule has 2 aliphatic heterocycles. The third-order valence-electron chi connectivity index (χ3n) is 6.60. The molecule has 5 nitrogen and oxygen atoms in total. The molecule has 5 heteroatoms. The van der Waals surface area contributed by atoms with Gasteiger partial charge in [0, 0.05) is 18.3 Å². The van der Waals surface area contributed by atoms with Gasteiger partial charge in [0.15, 0.2) is 0 Å². The summed E-state index contributed by atoms with van der Waals surface area (Å²) >= 11 is 0. The fourth-order valence-electron chi connectivity index (χ4n) is 5.51. The molecule has 4 rings (SSSR count). The van der Waals surface area contributed by atoms with Crippen LogP contribution < -0.4 is 0 Å². The second-order valence-corrected chi connectivity index (χ2v) is 7.73. The van der Waals surface area contributed by atoms with E-state index in [-0.39, 0.29) is 30.0 Å². The molecule has 126 valence electrons. The number of hydrogen-bond donors (Lipinski definition) is 1. The molecule has 0 radical (unpaired) electrons.